The Hall–Kier alpha value is -2.50. The summed E-state index contributed by atoms with van der Waals surface area (Å²) in [5.41, 5.74) is 1.92. The fourth-order valence-corrected chi connectivity index (χ4v) is 2.48. The first-order valence-corrected chi connectivity index (χ1v) is 8.30. The standard InChI is InChI=1S/C18H16Cl2N4O/c1-25-14-5-2-12(3-6-14)10-21-17-9-18(23-11-22-17)24-13-4-7-15(19)16(20)8-13/h2-9,11H,10H2,1H3,(H2,21,22,23,24). The molecule has 7 heteroatoms. The summed E-state index contributed by atoms with van der Waals surface area (Å²) < 4.78 is 5.15. The van der Waals surface area contributed by atoms with Gasteiger partial charge in [0, 0.05) is 18.3 Å². The van der Waals surface area contributed by atoms with Crippen molar-refractivity contribution < 1.29 is 4.74 Å². The highest BCUT2D eigenvalue weighted by atomic mass is 35.5. The van der Waals surface area contributed by atoms with Gasteiger partial charge in [0.2, 0.25) is 0 Å². The van der Waals surface area contributed by atoms with E-state index in [2.05, 4.69) is 20.6 Å². The van der Waals surface area contributed by atoms with E-state index in [1.165, 1.54) is 6.33 Å². The maximum absolute atomic E-state index is 6.02. The molecule has 0 bridgehead atoms. The van der Waals surface area contributed by atoms with Gasteiger partial charge in [0.25, 0.3) is 0 Å². The zero-order valence-corrected chi connectivity index (χ0v) is 15.0. The Morgan fingerprint density at radius 3 is 2.40 bits per heavy atom. The summed E-state index contributed by atoms with van der Waals surface area (Å²) in [4.78, 5) is 8.44. The third-order valence-electron chi connectivity index (χ3n) is 3.49. The van der Waals surface area contributed by atoms with E-state index in [0.29, 0.717) is 28.2 Å². The summed E-state index contributed by atoms with van der Waals surface area (Å²) in [6, 6.07) is 15.0. The van der Waals surface area contributed by atoms with Crippen molar-refractivity contribution in [3.8, 4) is 5.75 Å². The Labute approximate surface area is 156 Å². The molecule has 2 aromatic carbocycles. The van der Waals surface area contributed by atoms with Crippen LogP contribution in [0.1, 0.15) is 5.56 Å². The van der Waals surface area contributed by atoms with Crippen molar-refractivity contribution in [1.82, 2.24) is 9.97 Å². The lowest BCUT2D eigenvalue weighted by Gasteiger charge is -2.09. The maximum atomic E-state index is 6.02. The molecule has 1 heterocycles. The van der Waals surface area contributed by atoms with Crippen LogP contribution in [0.5, 0.6) is 5.75 Å². The number of anilines is 3. The van der Waals surface area contributed by atoms with Gasteiger partial charge in [-0.05, 0) is 35.9 Å². The van der Waals surface area contributed by atoms with Crippen LogP contribution in [0.2, 0.25) is 10.0 Å². The smallest absolute Gasteiger partial charge is 0.135 e. The Morgan fingerprint density at radius 1 is 0.920 bits per heavy atom. The number of methoxy groups -OCH3 is 1. The molecule has 0 aliphatic carbocycles. The molecule has 0 aliphatic rings. The molecular formula is C18H16Cl2N4O. The molecule has 0 amide bonds. The minimum atomic E-state index is 0.485. The van der Waals surface area contributed by atoms with E-state index in [1.54, 1.807) is 19.2 Å². The first kappa shape index (κ1) is 17.3. The SMILES string of the molecule is COc1ccc(CNc2cc(Nc3ccc(Cl)c(Cl)c3)ncn2)cc1. The van der Waals surface area contributed by atoms with Crippen LogP contribution in [-0.2, 0) is 6.54 Å². The molecule has 0 saturated carbocycles. The predicted octanol–water partition coefficient (Wildman–Crippen LogP) is 5.15. The summed E-state index contributed by atoms with van der Waals surface area (Å²) >= 11 is 11.9. The van der Waals surface area contributed by atoms with Gasteiger partial charge in [0.05, 0.1) is 17.2 Å². The molecule has 25 heavy (non-hydrogen) atoms. The van der Waals surface area contributed by atoms with Gasteiger partial charge in [-0.3, -0.25) is 0 Å². The second kappa shape index (κ2) is 8.05. The van der Waals surface area contributed by atoms with Crippen molar-refractivity contribution in [3.05, 3.63) is 70.5 Å². The van der Waals surface area contributed by atoms with Crippen molar-refractivity contribution in [1.29, 1.82) is 0 Å². The van der Waals surface area contributed by atoms with Crippen LogP contribution in [0, 0.1) is 0 Å². The van der Waals surface area contributed by atoms with E-state index in [-0.39, 0.29) is 0 Å². The summed E-state index contributed by atoms with van der Waals surface area (Å²) in [5, 5.41) is 7.44. The number of benzene rings is 2. The second-order valence-electron chi connectivity index (χ2n) is 5.24. The van der Waals surface area contributed by atoms with E-state index >= 15 is 0 Å². The number of aromatic nitrogens is 2. The molecule has 128 valence electrons. The minimum absolute atomic E-state index is 0.485. The predicted molar refractivity (Wildman–Crippen MR) is 102 cm³/mol. The Kier molecular flexibility index (Phi) is 5.58. The van der Waals surface area contributed by atoms with Gasteiger partial charge < -0.3 is 15.4 Å². The van der Waals surface area contributed by atoms with Crippen molar-refractivity contribution in [2.24, 2.45) is 0 Å². The Morgan fingerprint density at radius 2 is 1.68 bits per heavy atom. The largest absolute Gasteiger partial charge is 0.497 e. The van der Waals surface area contributed by atoms with Gasteiger partial charge in [-0.1, -0.05) is 35.3 Å². The zero-order valence-electron chi connectivity index (χ0n) is 13.5. The molecule has 3 aromatic rings. The van der Waals surface area contributed by atoms with Crippen molar-refractivity contribution in [2.75, 3.05) is 17.7 Å². The fraction of sp³-hybridized carbons (Fsp3) is 0.111. The lowest BCUT2D eigenvalue weighted by Crippen LogP contribution is -2.03. The lowest BCUT2D eigenvalue weighted by atomic mass is 10.2. The fourth-order valence-electron chi connectivity index (χ4n) is 2.18. The molecule has 0 spiro atoms. The number of rotatable bonds is 6. The van der Waals surface area contributed by atoms with Crippen LogP contribution in [0.25, 0.3) is 0 Å². The van der Waals surface area contributed by atoms with Crippen LogP contribution >= 0.6 is 23.2 Å². The van der Waals surface area contributed by atoms with Crippen LogP contribution in [-0.4, -0.2) is 17.1 Å². The van der Waals surface area contributed by atoms with E-state index in [0.717, 1.165) is 17.0 Å². The highest BCUT2D eigenvalue weighted by Gasteiger charge is 2.03. The molecule has 0 atom stereocenters. The van der Waals surface area contributed by atoms with E-state index in [1.807, 2.05) is 36.4 Å². The van der Waals surface area contributed by atoms with Crippen molar-refractivity contribution in [3.63, 3.8) is 0 Å². The van der Waals surface area contributed by atoms with Gasteiger partial charge in [-0.15, -0.1) is 0 Å². The molecule has 0 aliphatic heterocycles. The first-order valence-electron chi connectivity index (χ1n) is 7.55. The van der Waals surface area contributed by atoms with Gasteiger partial charge >= 0.3 is 0 Å². The first-order chi connectivity index (χ1) is 12.1. The highest BCUT2D eigenvalue weighted by molar-refractivity contribution is 6.42. The second-order valence-corrected chi connectivity index (χ2v) is 6.06. The van der Waals surface area contributed by atoms with Crippen LogP contribution in [0.3, 0.4) is 0 Å². The summed E-state index contributed by atoms with van der Waals surface area (Å²) in [6.45, 7) is 0.646. The van der Waals surface area contributed by atoms with Crippen LogP contribution in [0.15, 0.2) is 54.9 Å². The molecule has 0 radical (unpaired) electrons. The number of hydrogen-bond acceptors (Lipinski definition) is 5. The van der Waals surface area contributed by atoms with Crippen molar-refractivity contribution >= 4 is 40.5 Å². The number of nitrogens with one attached hydrogen (secondary N) is 2. The highest BCUT2D eigenvalue weighted by Crippen LogP contribution is 2.26. The summed E-state index contributed by atoms with van der Waals surface area (Å²) in [6.07, 6.45) is 1.50. The molecule has 0 fully saturated rings. The number of hydrogen-bond donors (Lipinski definition) is 2. The number of ether oxygens (including phenoxy) is 1. The van der Waals surface area contributed by atoms with Gasteiger partial charge in [-0.25, -0.2) is 9.97 Å². The third-order valence-corrected chi connectivity index (χ3v) is 4.23. The minimum Gasteiger partial charge on any atom is -0.497 e. The molecule has 2 N–H and O–H groups in total. The Bertz CT molecular complexity index is 856. The van der Waals surface area contributed by atoms with Crippen LogP contribution in [0.4, 0.5) is 17.3 Å². The van der Waals surface area contributed by atoms with Gasteiger partial charge in [0.1, 0.15) is 23.7 Å². The van der Waals surface area contributed by atoms with E-state index in [4.69, 9.17) is 27.9 Å². The zero-order chi connectivity index (χ0) is 17.6. The number of halogens is 2. The molecule has 1 aromatic heterocycles. The van der Waals surface area contributed by atoms with E-state index in [9.17, 15) is 0 Å². The van der Waals surface area contributed by atoms with Crippen LogP contribution < -0.4 is 15.4 Å². The average Bonchev–Trinajstić information content (AvgIpc) is 2.64. The number of nitrogens with zero attached hydrogens (tertiary/aromatic N) is 2. The normalized spacial score (nSPS) is 10.4. The van der Waals surface area contributed by atoms with E-state index < -0.39 is 0 Å². The molecule has 3 rings (SSSR count). The maximum Gasteiger partial charge on any atom is 0.135 e. The lowest BCUT2D eigenvalue weighted by molar-refractivity contribution is 0.414. The summed E-state index contributed by atoms with van der Waals surface area (Å²) in [5.74, 6) is 2.21. The molecule has 0 unspecified atom stereocenters. The quantitative estimate of drug-likeness (QED) is 0.624. The topological polar surface area (TPSA) is 59.1 Å². The average molecular weight is 375 g/mol. The Balaban J connectivity index is 1.65. The molecule has 5 nitrogen and oxygen atoms in total. The summed E-state index contributed by atoms with van der Waals surface area (Å²) in [7, 11) is 1.65. The molecular weight excluding hydrogens is 359 g/mol. The monoisotopic (exact) mass is 374 g/mol. The van der Waals surface area contributed by atoms with Gasteiger partial charge in [0.15, 0.2) is 0 Å². The van der Waals surface area contributed by atoms with Crippen molar-refractivity contribution in [2.45, 2.75) is 6.54 Å². The van der Waals surface area contributed by atoms with Gasteiger partial charge in [-0.2, -0.15) is 0 Å². The third kappa shape index (κ3) is 4.75. The molecule has 0 saturated heterocycles.